The van der Waals surface area contributed by atoms with Crippen LogP contribution in [0.3, 0.4) is 0 Å². The van der Waals surface area contributed by atoms with Crippen molar-refractivity contribution in [1.82, 2.24) is 10.2 Å². The number of benzene rings is 1. The first-order valence-electron chi connectivity index (χ1n) is 7.98. The molecule has 1 aliphatic heterocycles. The van der Waals surface area contributed by atoms with Crippen molar-refractivity contribution in [2.45, 2.75) is 36.1 Å². The number of nitrogens with one attached hydrogen (secondary N) is 1. The third kappa shape index (κ3) is 4.53. The van der Waals surface area contributed by atoms with Crippen molar-refractivity contribution in [2.75, 3.05) is 0 Å². The minimum absolute atomic E-state index is 0.0279. The molecular weight excluding hydrogens is 423 g/mol. The van der Waals surface area contributed by atoms with Gasteiger partial charge in [-0.3, -0.25) is 0 Å². The Kier molecular flexibility index (Phi) is 6.70. The van der Waals surface area contributed by atoms with Gasteiger partial charge < -0.3 is 0 Å². The van der Waals surface area contributed by atoms with Crippen LogP contribution < -0.4 is 5.32 Å². The Morgan fingerprint density at radius 2 is 1.63 bits per heavy atom. The van der Waals surface area contributed by atoms with Crippen LogP contribution in [0.2, 0.25) is 11.1 Å². The number of fused-ring (bicyclic) bond motifs is 1. The zero-order chi connectivity index (χ0) is 20.1. The van der Waals surface area contributed by atoms with Crippen molar-refractivity contribution >= 4 is 44.6 Å². The van der Waals surface area contributed by atoms with Crippen molar-refractivity contribution in [3.63, 3.8) is 0 Å². The number of carbonyl (C=O) groups excluding carboxylic acids is 3. The van der Waals surface area contributed by atoms with Gasteiger partial charge in [-0.2, -0.15) is 0 Å². The van der Waals surface area contributed by atoms with Gasteiger partial charge in [0.05, 0.1) is 0 Å². The van der Waals surface area contributed by atoms with Gasteiger partial charge in [-0.25, -0.2) is 0 Å². The van der Waals surface area contributed by atoms with Gasteiger partial charge >= 0.3 is 160 Å². The number of hydrogen-bond donors (Lipinski definition) is 3. The van der Waals surface area contributed by atoms with Gasteiger partial charge in [-0.05, 0) is 0 Å². The summed E-state index contributed by atoms with van der Waals surface area (Å²) in [6.07, 6.45) is -0.638. The molecule has 2 atom stereocenters. The van der Waals surface area contributed by atoms with Crippen molar-refractivity contribution < 1.29 is 34.2 Å². The summed E-state index contributed by atoms with van der Waals surface area (Å²) in [4.78, 5) is 60.2. The summed E-state index contributed by atoms with van der Waals surface area (Å²) in [6, 6.07) is 3.46. The molecule has 9 nitrogen and oxygen atoms in total. The van der Waals surface area contributed by atoms with Crippen LogP contribution in [0.4, 0.5) is 0 Å². The predicted molar refractivity (Wildman–Crippen MR) is 93.6 cm³/mol. The first kappa shape index (κ1) is 20.6. The summed E-state index contributed by atoms with van der Waals surface area (Å²) in [6.45, 7) is 0. The zero-order valence-corrected chi connectivity index (χ0v) is 16.1. The fourth-order valence-electron chi connectivity index (χ4n) is 2.73. The molecule has 0 fully saturated rings. The van der Waals surface area contributed by atoms with Crippen molar-refractivity contribution in [3.05, 3.63) is 35.4 Å². The Bertz CT molecular complexity index is 760. The molecule has 27 heavy (non-hydrogen) atoms. The fourth-order valence-corrected chi connectivity index (χ4v) is 3.90. The Labute approximate surface area is 160 Å². The van der Waals surface area contributed by atoms with E-state index in [9.17, 15) is 29.1 Å². The normalized spacial score (nSPS) is 15.2. The molecule has 0 radical (unpaired) electrons. The zero-order valence-electron chi connectivity index (χ0n) is 14.4. The number of nitrogens with zero attached hydrogens (tertiary/aromatic N) is 1. The number of carboxylic acid groups (broad SMARTS) is 2. The molecule has 1 heterocycles. The molecule has 0 aromatic heterocycles. The maximum atomic E-state index is 12.4. The van der Waals surface area contributed by atoms with Crippen LogP contribution in [0.5, 0.6) is 0 Å². The second kappa shape index (κ2) is 8.79. The standard InChI is InChI=1S/C17H18N2O7Se/c1-27-8-11(16(23)24)18-13(20)7-6-12(17(25)26)19-14(21)9-4-2-3-5-10(9)15(19)22/h2-5,11-12H,6-8H2,1H3,(H,18,20)(H,23,24)(H,25,26)/t11-,12-/m0/s1. The molecule has 0 aliphatic carbocycles. The van der Waals surface area contributed by atoms with Crippen LogP contribution >= 0.6 is 0 Å². The molecule has 0 saturated carbocycles. The molecular formula is C17H18N2O7Se. The molecule has 144 valence electrons. The van der Waals surface area contributed by atoms with E-state index in [0.29, 0.717) is 10.2 Å². The third-order valence-corrected chi connectivity index (χ3v) is 5.43. The van der Waals surface area contributed by atoms with Gasteiger partial charge in [-0.1, -0.05) is 0 Å². The van der Waals surface area contributed by atoms with Crippen LogP contribution in [0.1, 0.15) is 33.6 Å². The number of carboxylic acids is 2. The summed E-state index contributed by atoms with van der Waals surface area (Å²) in [5, 5.41) is 21.1. The van der Waals surface area contributed by atoms with Gasteiger partial charge in [0.1, 0.15) is 0 Å². The van der Waals surface area contributed by atoms with Gasteiger partial charge in [0.15, 0.2) is 0 Å². The van der Waals surface area contributed by atoms with E-state index >= 15 is 0 Å². The molecule has 1 aromatic rings. The summed E-state index contributed by atoms with van der Waals surface area (Å²) in [7, 11) is 0. The number of hydrogen-bond acceptors (Lipinski definition) is 5. The van der Waals surface area contributed by atoms with E-state index in [4.69, 9.17) is 5.11 Å². The molecule has 3 amide bonds. The second-order valence-electron chi connectivity index (χ2n) is 5.83. The molecule has 0 unspecified atom stereocenters. The van der Waals surface area contributed by atoms with Crippen LogP contribution in [-0.4, -0.2) is 71.8 Å². The van der Waals surface area contributed by atoms with Crippen molar-refractivity contribution in [3.8, 4) is 0 Å². The van der Waals surface area contributed by atoms with Crippen molar-refractivity contribution in [1.29, 1.82) is 0 Å². The minimum atomic E-state index is -1.51. The van der Waals surface area contributed by atoms with Crippen LogP contribution in [-0.2, 0) is 14.4 Å². The quantitative estimate of drug-likeness (QED) is 0.369. The number of carbonyl (C=O) groups is 5. The summed E-state index contributed by atoms with van der Waals surface area (Å²) in [5.41, 5.74) is 0.239. The SMILES string of the molecule is C[Se]C[C@H](NC(=O)CC[C@@H](C(=O)O)N1C(=O)c2ccccc2C1=O)C(=O)O. The van der Waals surface area contributed by atoms with E-state index in [2.05, 4.69) is 5.32 Å². The number of aliphatic carboxylic acids is 2. The number of rotatable bonds is 9. The van der Waals surface area contributed by atoms with E-state index in [1.54, 1.807) is 12.1 Å². The van der Waals surface area contributed by atoms with Crippen molar-refractivity contribution in [2.24, 2.45) is 0 Å². The first-order chi connectivity index (χ1) is 12.8. The molecule has 0 saturated heterocycles. The number of imide groups is 1. The van der Waals surface area contributed by atoms with Crippen LogP contribution in [0.15, 0.2) is 24.3 Å². The average Bonchev–Trinajstić information content (AvgIpc) is 2.86. The molecule has 3 N–H and O–H groups in total. The monoisotopic (exact) mass is 442 g/mol. The molecule has 1 aromatic carbocycles. The van der Waals surface area contributed by atoms with Gasteiger partial charge in [0.25, 0.3) is 0 Å². The molecule has 0 bridgehead atoms. The predicted octanol–water partition coefficient (Wildman–Crippen LogP) is 0.256. The molecule has 0 spiro atoms. The fraction of sp³-hybridized carbons (Fsp3) is 0.353. The second-order valence-corrected chi connectivity index (χ2v) is 7.74. The van der Waals surface area contributed by atoms with E-state index in [-0.39, 0.29) is 38.9 Å². The topological polar surface area (TPSA) is 141 Å². The van der Waals surface area contributed by atoms with Gasteiger partial charge in [-0.15, -0.1) is 0 Å². The average molecular weight is 441 g/mol. The maximum absolute atomic E-state index is 12.4. The van der Waals surface area contributed by atoms with Gasteiger partial charge in [0, 0.05) is 0 Å². The molecule has 2 rings (SSSR count). The Balaban J connectivity index is 2.08. The molecule has 1 aliphatic rings. The Hall–Kier alpha value is -2.71. The summed E-state index contributed by atoms with van der Waals surface area (Å²) >= 11 is 0.0279. The first-order valence-corrected chi connectivity index (χ1v) is 10.9. The summed E-state index contributed by atoms with van der Waals surface area (Å²) < 4.78 is 0. The number of amides is 3. The third-order valence-electron chi connectivity index (χ3n) is 4.03. The van der Waals surface area contributed by atoms with Crippen LogP contribution in [0.25, 0.3) is 0 Å². The van der Waals surface area contributed by atoms with Gasteiger partial charge in [0.2, 0.25) is 0 Å². The Morgan fingerprint density at radius 1 is 1.07 bits per heavy atom. The van der Waals surface area contributed by atoms with E-state index in [1.165, 1.54) is 12.1 Å². The Morgan fingerprint density at radius 3 is 2.07 bits per heavy atom. The molecule has 10 heteroatoms. The van der Waals surface area contributed by atoms with Crippen LogP contribution in [0, 0.1) is 0 Å². The van der Waals surface area contributed by atoms with E-state index < -0.39 is 41.7 Å². The van der Waals surface area contributed by atoms with E-state index in [1.807, 2.05) is 5.82 Å². The summed E-state index contributed by atoms with van der Waals surface area (Å²) in [5.74, 6) is -2.83. The van der Waals surface area contributed by atoms with E-state index in [0.717, 1.165) is 0 Å².